The summed E-state index contributed by atoms with van der Waals surface area (Å²) in [6, 6.07) is 0. The first kappa shape index (κ1) is 27.0. The largest absolute Gasteiger partial charge is 0.414 e. The molecule has 0 aromatic rings. The third kappa shape index (κ3) is 4.66. The van der Waals surface area contributed by atoms with E-state index in [1.54, 1.807) is 5.57 Å². The van der Waals surface area contributed by atoms with Gasteiger partial charge in [0.05, 0.1) is 6.10 Å². The normalized spacial score (nSPS) is 42.6. The first-order valence-corrected chi connectivity index (χ1v) is 18.5. The zero-order chi connectivity index (χ0) is 25.1. The summed E-state index contributed by atoms with van der Waals surface area (Å²) >= 11 is 0. The van der Waals surface area contributed by atoms with Crippen LogP contribution in [0.5, 0.6) is 0 Å². The highest BCUT2D eigenvalue weighted by molar-refractivity contribution is 6.69. The fraction of sp³-hybridized carbons (Fsp3) is 0.938. The summed E-state index contributed by atoms with van der Waals surface area (Å²) in [6.07, 6.45) is 17.3. The van der Waals surface area contributed by atoms with E-state index in [2.05, 4.69) is 74.2 Å². The molecule has 3 saturated carbocycles. The molecular formula is C32H58OSi. The SMILES string of the molecule is CC(C)CCC[C@@H](C)[C@H]1CC[C@H]2[C@@H]3CC=C4C(C)(C)C(O[Si](C)(C)C)CC[C@]4(C)[C@H]3CC[C@]12C. The van der Waals surface area contributed by atoms with Crippen molar-refractivity contribution in [1.82, 2.24) is 0 Å². The van der Waals surface area contributed by atoms with Crippen molar-refractivity contribution in [1.29, 1.82) is 0 Å². The van der Waals surface area contributed by atoms with E-state index in [9.17, 15) is 0 Å². The molecule has 0 spiro atoms. The van der Waals surface area contributed by atoms with Crippen LogP contribution >= 0.6 is 0 Å². The lowest BCUT2D eigenvalue weighted by molar-refractivity contribution is -0.0752. The topological polar surface area (TPSA) is 9.23 Å². The number of allylic oxidation sites excluding steroid dienone is 1. The van der Waals surface area contributed by atoms with E-state index in [1.165, 1.54) is 64.2 Å². The summed E-state index contributed by atoms with van der Waals surface area (Å²) in [5, 5.41) is 0. The molecule has 0 radical (unpaired) electrons. The minimum absolute atomic E-state index is 0.183. The Bertz CT molecular complexity index is 759. The predicted molar refractivity (Wildman–Crippen MR) is 150 cm³/mol. The van der Waals surface area contributed by atoms with Crippen molar-refractivity contribution in [2.24, 2.45) is 51.8 Å². The Morgan fingerprint density at radius 3 is 2.26 bits per heavy atom. The molecular weight excluding hydrogens is 428 g/mol. The molecule has 2 heteroatoms. The summed E-state index contributed by atoms with van der Waals surface area (Å²) in [4.78, 5) is 0. The van der Waals surface area contributed by atoms with Crippen molar-refractivity contribution in [3.05, 3.63) is 11.6 Å². The van der Waals surface area contributed by atoms with Gasteiger partial charge in [-0.15, -0.1) is 0 Å². The Hall–Kier alpha value is -0.0831. The number of fused-ring (bicyclic) bond motifs is 5. The van der Waals surface area contributed by atoms with Gasteiger partial charge in [0, 0.05) is 5.41 Å². The molecule has 34 heavy (non-hydrogen) atoms. The first-order valence-electron chi connectivity index (χ1n) is 15.1. The van der Waals surface area contributed by atoms with Crippen LogP contribution in [0.25, 0.3) is 0 Å². The minimum atomic E-state index is -1.54. The summed E-state index contributed by atoms with van der Waals surface area (Å²) < 4.78 is 6.79. The van der Waals surface area contributed by atoms with Gasteiger partial charge in [-0.2, -0.15) is 0 Å². The second kappa shape index (κ2) is 9.34. The van der Waals surface area contributed by atoms with Gasteiger partial charge in [0.2, 0.25) is 0 Å². The van der Waals surface area contributed by atoms with Gasteiger partial charge < -0.3 is 4.43 Å². The number of rotatable bonds is 7. The smallest absolute Gasteiger partial charge is 0.184 e. The first-order chi connectivity index (χ1) is 15.7. The highest BCUT2D eigenvalue weighted by atomic mass is 28.4. The van der Waals surface area contributed by atoms with Gasteiger partial charge in [0.1, 0.15) is 0 Å². The van der Waals surface area contributed by atoms with Crippen LogP contribution in [0, 0.1) is 51.8 Å². The van der Waals surface area contributed by atoms with Crippen LogP contribution in [0.1, 0.15) is 113 Å². The molecule has 196 valence electrons. The van der Waals surface area contributed by atoms with Crippen molar-refractivity contribution in [2.45, 2.75) is 138 Å². The van der Waals surface area contributed by atoms with Gasteiger partial charge in [-0.3, -0.25) is 0 Å². The van der Waals surface area contributed by atoms with E-state index in [1.807, 2.05) is 0 Å². The Kier molecular flexibility index (Phi) is 7.41. The molecule has 0 N–H and O–H groups in total. The number of hydrogen-bond donors (Lipinski definition) is 0. The lowest BCUT2D eigenvalue weighted by atomic mass is 9.44. The molecule has 0 aromatic carbocycles. The van der Waals surface area contributed by atoms with E-state index < -0.39 is 8.32 Å². The number of hydrogen-bond acceptors (Lipinski definition) is 1. The zero-order valence-corrected chi connectivity index (χ0v) is 25.6. The van der Waals surface area contributed by atoms with Gasteiger partial charge in [-0.25, -0.2) is 0 Å². The van der Waals surface area contributed by atoms with E-state index in [-0.39, 0.29) is 5.41 Å². The van der Waals surface area contributed by atoms with Crippen LogP contribution < -0.4 is 0 Å². The Morgan fingerprint density at radius 1 is 0.912 bits per heavy atom. The van der Waals surface area contributed by atoms with Crippen LogP contribution in [-0.2, 0) is 4.43 Å². The fourth-order valence-corrected chi connectivity index (χ4v) is 11.3. The van der Waals surface area contributed by atoms with Gasteiger partial charge in [0.15, 0.2) is 8.32 Å². The van der Waals surface area contributed by atoms with Crippen molar-refractivity contribution in [3.8, 4) is 0 Å². The third-order valence-electron chi connectivity index (χ3n) is 11.6. The molecule has 0 saturated heterocycles. The van der Waals surface area contributed by atoms with Crippen LogP contribution in [0.15, 0.2) is 11.6 Å². The molecule has 1 unspecified atom stereocenters. The van der Waals surface area contributed by atoms with Crippen molar-refractivity contribution in [3.63, 3.8) is 0 Å². The van der Waals surface area contributed by atoms with Crippen molar-refractivity contribution in [2.75, 3.05) is 0 Å². The Morgan fingerprint density at radius 2 is 1.62 bits per heavy atom. The average Bonchev–Trinajstić information content (AvgIpc) is 3.06. The highest BCUT2D eigenvalue weighted by Crippen LogP contribution is 2.69. The second-order valence-electron chi connectivity index (χ2n) is 15.7. The highest BCUT2D eigenvalue weighted by Gasteiger charge is 2.61. The average molecular weight is 487 g/mol. The van der Waals surface area contributed by atoms with Crippen LogP contribution in [0.2, 0.25) is 19.6 Å². The van der Waals surface area contributed by atoms with Crippen LogP contribution in [-0.4, -0.2) is 14.4 Å². The van der Waals surface area contributed by atoms with Crippen molar-refractivity contribution < 1.29 is 4.43 Å². The molecule has 8 atom stereocenters. The van der Waals surface area contributed by atoms with Gasteiger partial charge >= 0.3 is 0 Å². The monoisotopic (exact) mass is 486 g/mol. The summed E-state index contributed by atoms with van der Waals surface area (Å²) in [5.41, 5.74) is 2.94. The molecule has 3 fully saturated rings. The molecule has 0 amide bonds. The minimum Gasteiger partial charge on any atom is -0.414 e. The quantitative estimate of drug-likeness (QED) is 0.257. The summed E-state index contributed by atoms with van der Waals surface area (Å²) in [6.45, 7) is 24.9. The maximum Gasteiger partial charge on any atom is 0.184 e. The van der Waals surface area contributed by atoms with Gasteiger partial charge in [0.25, 0.3) is 0 Å². The molecule has 4 rings (SSSR count). The molecule has 0 aliphatic heterocycles. The van der Waals surface area contributed by atoms with E-state index >= 15 is 0 Å². The standard InChI is InChI=1S/C32H58OSi/c1-22(2)12-11-13-23(3)25-15-16-26-24-14-17-28-30(4,5)29(33-34(8,9)10)19-21-32(28,7)27(24)18-20-31(25,26)6/h17,22-27,29H,11-16,18-21H2,1-10H3/t23-,24+,25-,26+,27+,29?,31-,32-/m1/s1. The molecule has 0 heterocycles. The zero-order valence-electron chi connectivity index (χ0n) is 24.6. The molecule has 4 aliphatic carbocycles. The predicted octanol–water partition coefficient (Wildman–Crippen LogP) is 9.88. The second-order valence-corrected chi connectivity index (χ2v) is 20.1. The molecule has 1 nitrogen and oxygen atoms in total. The van der Waals surface area contributed by atoms with Gasteiger partial charge in [-0.1, -0.05) is 79.4 Å². The van der Waals surface area contributed by atoms with Gasteiger partial charge in [-0.05, 0) is 111 Å². The van der Waals surface area contributed by atoms with Crippen molar-refractivity contribution >= 4 is 8.32 Å². The summed E-state index contributed by atoms with van der Waals surface area (Å²) in [5.74, 6) is 5.49. The van der Waals surface area contributed by atoms with Crippen LogP contribution in [0.4, 0.5) is 0 Å². The maximum absolute atomic E-state index is 6.79. The fourth-order valence-electron chi connectivity index (χ4n) is 10.0. The molecule has 0 aromatic heterocycles. The van der Waals surface area contributed by atoms with E-state index in [0.29, 0.717) is 16.9 Å². The maximum atomic E-state index is 6.79. The summed E-state index contributed by atoms with van der Waals surface area (Å²) in [7, 11) is -1.54. The van der Waals surface area contributed by atoms with E-state index in [4.69, 9.17) is 4.43 Å². The lowest BCUT2D eigenvalue weighted by Gasteiger charge is -2.62. The Labute approximate surface area is 214 Å². The van der Waals surface area contributed by atoms with E-state index in [0.717, 1.165) is 35.5 Å². The molecule has 0 bridgehead atoms. The molecule has 4 aliphatic rings. The third-order valence-corrected chi connectivity index (χ3v) is 12.6. The lowest BCUT2D eigenvalue weighted by Crippen LogP contribution is -2.56. The Balaban J connectivity index is 1.53. The van der Waals surface area contributed by atoms with Crippen LogP contribution in [0.3, 0.4) is 0 Å².